The van der Waals surface area contributed by atoms with Crippen molar-refractivity contribution in [2.24, 2.45) is 0 Å². The van der Waals surface area contributed by atoms with Gasteiger partial charge in [0.1, 0.15) is 5.82 Å². The first-order valence-electron chi connectivity index (χ1n) is 4.10. The van der Waals surface area contributed by atoms with E-state index in [0.717, 1.165) is 12.1 Å². The van der Waals surface area contributed by atoms with Crippen LogP contribution in [0.2, 0.25) is 0 Å². The smallest absolute Gasteiger partial charge is 0.392 e. The fraction of sp³-hybridized carbons (Fsp3) is 0.200. The Morgan fingerprint density at radius 1 is 1.27 bits per heavy atom. The molecule has 0 aliphatic rings. The highest BCUT2D eigenvalue weighted by molar-refractivity contribution is 5.70. The number of halogens is 4. The molecule has 15 heavy (non-hydrogen) atoms. The van der Waals surface area contributed by atoms with Gasteiger partial charge in [-0.2, -0.15) is 13.2 Å². The third kappa shape index (κ3) is 2.79. The molecule has 0 atom stereocenters. The molecule has 5 heteroatoms. The van der Waals surface area contributed by atoms with Gasteiger partial charge in [-0.05, 0) is 12.1 Å². The predicted octanol–water partition coefficient (Wildman–Crippen LogP) is 2.76. The van der Waals surface area contributed by atoms with E-state index in [0.29, 0.717) is 6.08 Å². The molecular weight excluding hydrogens is 212 g/mol. The first-order chi connectivity index (χ1) is 6.96. The van der Waals surface area contributed by atoms with Gasteiger partial charge < -0.3 is 5.11 Å². The van der Waals surface area contributed by atoms with Crippen molar-refractivity contribution in [2.75, 3.05) is 6.61 Å². The van der Waals surface area contributed by atoms with Crippen LogP contribution >= 0.6 is 0 Å². The molecule has 1 aromatic rings. The monoisotopic (exact) mass is 220 g/mol. The molecule has 0 aromatic heterocycles. The Morgan fingerprint density at radius 3 is 2.33 bits per heavy atom. The molecule has 0 radical (unpaired) electrons. The van der Waals surface area contributed by atoms with Crippen LogP contribution in [0.25, 0.3) is 5.57 Å². The number of aliphatic hydroxyl groups is 1. The van der Waals surface area contributed by atoms with Crippen LogP contribution in [0.15, 0.2) is 30.3 Å². The van der Waals surface area contributed by atoms with Gasteiger partial charge in [0, 0.05) is 5.56 Å². The maximum Gasteiger partial charge on any atom is 0.416 e. The van der Waals surface area contributed by atoms with Crippen LogP contribution in [0.4, 0.5) is 17.6 Å². The van der Waals surface area contributed by atoms with Crippen molar-refractivity contribution in [3.05, 3.63) is 41.7 Å². The summed E-state index contributed by atoms with van der Waals surface area (Å²) in [6.45, 7) is -0.789. The van der Waals surface area contributed by atoms with Crippen LogP contribution in [-0.2, 0) is 0 Å². The van der Waals surface area contributed by atoms with Gasteiger partial charge in [-0.15, -0.1) is 0 Å². The first kappa shape index (κ1) is 11.7. The lowest BCUT2D eigenvalue weighted by Gasteiger charge is -2.12. The Morgan fingerprint density at radius 2 is 1.87 bits per heavy atom. The Bertz CT molecular complexity index is 368. The molecule has 0 unspecified atom stereocenters. The van der Waals surface area contributed by atoms with Crippen molar-refractivity contribution >= 4 is 5.57 Å². The minimum Gasteiger partial charge on any atom is -0.392 e. The van der Waals surface area contributed by atoms with Crippen molar-refractivity contribution in [1.29, 1.82) is 0 Å². The molecule has 0 spiro atoms. The number of hydrogen-bond donors (Lipinski definition) is 1. The van der Waals surface area contributed by atoms with Crippen LogP contribution in [-0.4, -0.2) is 17.9 Å². The van der Waals surface area contributed by atoms with Crippen LogP contribution in [0, 0.1) is 5.82 Å². The van der Waals surface area contributed by atoms with Crippen LogP contribution < -0.4 is 0 Å². The lowest BCUT2D eigenvalue weighted by Crippen LogP contribution is -2.12. The van der Waals surface area contributed by atoms with Crippen LogP contribution in [0.3, 0.4) is 0 Å². The van der Waals surface area contributed by atoms with E-state index in [4.69, 9.17) is 5.11 Å². The summed E-state index contributed by atoms with van der Waals surface area (Å²) in [5.41, 5.74) is -1.72. The third-order valence-electron chi connectivity index (χ3n) is 1.76. The van der Waals surface area contributed by atoms with Gasteiger partial charge in [-0.3, -0.25) is 0 Å². The lowest BCUT2D eigenvalue weighted by atomic mass is 10.0. The van der Waals surface area contributed by atoms with E-state index in [2.05, 4.69) is 0 Å². The molecule has 1 nitrogen and oxygen atoms in total. The maximum absolute atomic E-state index is 13.1. The highest BCUT2D eigenvalue weighted by atomic mass is 19.4. The molecule has 0 amide bonds. The second kappa shape index (κ2) is 4.44. The second-order valence-electron chi connectivity index (χ2n) is 2.78. The summed E-state index contributed by atoms with van der Waals surface area (Å²) in [6.07, 6.45) is -4.14. The minimum atomic E-state index is -4.68. The van der Waals surface area contributed by atoms with Crippen molar-refractivity contribution in [2.45, 2.75) is 6.18 Å². The van der Waals surface area contributed by atoms with Gasteiger partial charge in [0.25, 0.3) is 0 Å². The Labute approximate surface area is 83.7 Å². The lowest BCUT2D eigenvalue weighted by molar-refractivity contribution is -0.0694. The Kier molecular flexibility index (Phi) is 3.47. The zero-order chi connectivity index (χ0) is 11.5. The second-order valence-corrected chi connectivity index (χ2v) is 2.78. The summed E-state index contributed by atoms with van der Waals surface area (Å²) >= 11 is 0. The fourth-order valence-corrected chi connectivity index (χ4v) is 1.15. The topological polar surface area (TPSA) is 20.2 Å². The van der Waals surface area contributed by atoms with E-state index in [1.54, 1.807) is 0 Å². The number of benzene rings is 1. The van der Waals surface area contributed by atoms with E-state index >= 15 is 0 Å². The van der Waals surface area contributed by atoms with E-state index in [1.807, 2.05) is 0 Å². The molecule has 0 saturated carbocycles. The summed E-state index contributed by atoms with van der Waals surface area (Å²) < 4.78 is 50.4. The average molecular weight is 220 g/mol. The Balaban J connectivity index is 3.24. The molecule has 1 aromatic carbocycles. The van der Waals surface area contributed by atoms with Crippen molar-refractivity contribution in [3.63, 3.8) is 0 Å². The van der Waals surface area contributed by atoms with Crippen molar-refractivity contribution < 1.29 is 22.7 Å². The molecule has 0 heterocycles. The molecular formula is C10H8F4O. The molecule has 0 bridgehead atoms. The normalized spacial score (nSPS) is 13.0. The van der Waals surface area contributed by atoms with E-state index in [-0.39, 0.29) is 0 Å². The van der Waals surface area contributed by atoms with Crippen LogP contribution in [0.1, 0.15) is 5.56 Å². The number of allylic oxidation sites excluding steroid dienone is 1. The summed E-state index contributed by atoms with van der Waals surface area (Å²) in [5, 5.41) is 8.45. The maximum atomic E-state index is 13.1. The van der Waals surface area contributed by atoms with Gasteiger partial charge in [0.05, 0.1) is 12.2 Å². The van der Waals surface area contributed by atoms with Gasteiger partial charge in [-0.25, -0.2) is 4.39 Å². The van der Waals surface area contributed by atoms with E-state index in [9.17, 15) is 17.6 Å². The first-order valence-corrected chi connectivity index (χ1v) is 4.10. The summed E-state index contributed by atoms with van der Waals surface area (Å²) in [4.78, 5) is 0. The largest absolute Gasteiger partial charge is 0.416 e. The number of rotatable bonds is 2. The molecule has 0 saturated heterocycles. The molecule has 1 rings (SSSR count). The zero-order valence-corrected chi connectivity index (χ0v) is 7.55. The SMILES string of the molecule is OC/C=C(\c1ccccc1F)C(F)(F)F. The summed E-state index contributed by atoms with van der Waals surface area (Å²) in [6, 6.07) is 4.55. The molecule has 82 valence electrons. The van der Waals surface area contributed by atoms with Crippen molar-refractivity contribution in [1.82, 2.24) is 0 Å². The standard InChI is InChI=1S/C10H8F4O/c11-9-4-2-1-3-7(9)8(5-6-15)10(12,13)14/h1-5,15H,6H2/b8-5+. The Hall–Kier alpha value is -1.36. The van der Waals surface area contributed by atoms with Gasteiger partial charge in [-0.1, -0.05) is 18.2 Å². The molecule has 0 aliphatic heterocycles. The minimum absolute atomic E-state index is 0.540. The highest BCUT2D eigenvalue weighted by Gasteiger charge is 2.35. The molecule has 0 aliphatic carbocycles. The van der Waals surface area contributed by atoms with E-state index < -0.39 is 29.7 Å². The average Bonchev–Trinajstić information content (AvgIpc) is 2.14. The highest BCUT2D eigenvalue weighted by Crippen LogP contribution is 2.34. The molecule has 1 N–H and O–H groups in total. The zero-order valence-electron chi connectivity index (χ0n) is 7.55. The number of aliphatic hydroxyl groups excluding tert-OH is 1. The fourth-order valence-electron chi connectivity index (χ4n) is 1.15. The third-order valence-corrected chi connectivity index (χ3v) is 1.76. The van der Waals surface area contributed by atoms with E-state index in [1.165, 1.54) is 12.1 Å². The van der Waals surface area contributed by atoms with Gasteiger partial charge >= 0.3 is 6.18 Å². The summed E-state index contributed by atoms with van der Waals surface area (Å²) in [5.74, 6) is -0.963. The number of hydrogen-bond acceptors (Lipinski definition) is 1. The molecule has 0 fully saturated rings. The predicted molar refractivity (Wildman–Crippen MR) is 47.5 cm³/mol. The van der Waals surface area contributed by atoms with Gasteiger partial charge in [0.15, 0.2) is 0 Å². The van der Waals surface area contributed by atoms with Gasteiger partial charge in [0.2, 0.25) is 0 Å². The van der Waals surface area contributed by atoms with Crippen LogP contribution in [0.5, 0.6) is 0 Å². The van der Waals surface area contributed by atoms with Crippen molar-refractivity contribution in [3.8, 4) is 0 Å². The summed E-state index contributed by atoms with van der Waals surface area (Å²) in [7, 11) is 0. The quantitative estimate of drug-likeness (QED) is 0.760. The number of alkyl halides is 3.